The molecule has 2 aliphatic rings. The fraction of sp³-hybridized carbons (Fsp3) is 0.360. The Morgan fingerprint density at radius 3 is 2.86 bits per heavy atom. The zero-order valence-corrected chi connectivity index (χ0v) is 21.5. The number of rotatable bonds is 4. The summed E-state index contributed by atoms with van der Waals surface area (Å²) in [6.45, 7) is 4.39. The molecule has 3 N–H and O–H groups in total. The molecule has 5 rings (SSSR count). The lowest BCUT2D eigenvalue weighted by Crippen LogP contribution is -2.63. The van der Waals surface area contributed by atoms with E-state index in [0.29, 0.717) is 35.7 Å². The summed E-state index contributed by atoms with van der Waals surface area (Å²) in [7, 11) is 0. The van der Waals surface area contributed by atoms with Crippen LogP contribution in [0, 0.1) is 5.41 Å². The molecule has 2 aromatic heterocycles. The van der Waals surface area contributed by atoms with Crippen LogP contribution >= 0.6 is 24.0 Å². The van der Waals surface area contributed by atoms with Crippen molar-refractivity contribution in [3.05, 3.63) is 65.2 Å². The van der Waals surface area contributed by atoms with Crippen LogP contribution < -0.4 is 10.6 Å². The van der Waals surface area contributed by atoms with Crippen molar-refractivity contribution >= 4 is 53.0 Å². The molecule has 4 heterocycles. The Kier molecular flexibility index (Phi) is 7.26. The van der Waals surface area contributed by atoms with Crippen molar-refractivity contribution in [2.24, 2.45) is 0 Å². The molecule has 9 nitrogen and oxygen atoms in total. The first-order chi connectivity index (χ1) is 16.8. The molecular formula is C25H28Cl2N6O3. The highest BCUT2D eigenvalue weighted by Crippen LogP contribution is 2.38. The first-order valence-electron chi connectivity index (χ1n) is 11.6. The Morgan fingerprint density at radius 1 is 1.31 bits per heavy atom. The quantitative estimate of drug-likeness (QED) is 0.467. The van der Waals surface area contributed by atoms with Crippen LogP contribution in [0.5, 0.6) is 0 Å². The second-order valence-corrected chi connectivity index (χ2v) is 9.68. The van der Waals surface area contributed by atoms with Crippen molar-refractivity contribution < 1.29 is 14.3 Å². The summed E-state index contributed by atoms with van der Waals surface area (Å²) in [5.41, 5.74) is 0.934. The van der Waals surface area contributed by atoms with Crippen LogP contribution in [0.2, 0.25) is 5.02 Å². The van der Waals surface area contributed by atoms with Crippen molar-refractivity contribution in [2.45, 2.75) is 50.8 Å². The summed E-state index contributed by atoms with van der Waals surface area (Å²) in [6, 6.07) is 10.8. The van der Waals surface area contributed by atoms with E-state index in [1.54, 1.807) is 33.8 Å². The maximum absolute atomic E-state index is 13.2. The van der Waals surface area contributed by atoms with Gasteiger partial charge in [-0.2, -0.15) is 0 Å². The van der Waals surface area contributed by atoms with Crippen LogP contribution in [0.3, 0.4) is 0 Å². The summed E-state index contributed by atoms with van der Waals surface area (Å²) in [5, 5.41) is 15.0. The smallest absolute Gasteiger partial charge is 0.292 e. The molecular weight excluding hydrogens is 503 g/mol. The van der Waals surface area contributed by atoms with Crippen molar-refractivity contribution in [3.8, 4) is 0 Å². The molecule has 2 fully saturated rings. The van der Waals surface area contributed by atoms with Gasteiger partial charge >= 0.3 is 0 Å². The normalized spacial score (nSPS) is 24.2. The minimum atomic E-state index is -0.903. The van der Waals surface area contributed by atoms with Crippen molar-refractivity contribution in [3.63, 3.8) is 0 Å². The Morgan fingerprint density at radius 2 is 2.11 bits per heavy atom. The van der Waals surface area contributed by atoms with Crippen LogP contribution in [0.15, 0.2) is 48.8 Å². The topological polar surface area (TPSA) is 112 Å². The van der Waals surface area contributed by atoms with Gasteiger partial charge in [0.15, 0.2) is 5.96 Å². The third-order valence-electron chi connectivity index (χ3n) is 6.71. The molecule has 0 bridgehead atoms. The highest BCUT2D eigenvalue weighted by Gasteiger charge is 2.43. The predicted molar refractivity (Wildman–Crippen MR) is 140 cm³/mol. The number of nitrogens with zero attached hydrogens (tertiary/aromatic N) is 3. The predicted octanol–water partition coefficient (Wildman–Crippen LogP) is 4.20. The van der Waals surface area contributed by atoms with Crippen molar-refractivity contribution in [1.29, 1.82) is 5.41 Å². The van der Waals surface area contributed by atoms with Gasteiger partial charge in [0.1, 0.15) is 0 Å². The molecule has 1 aromatic carbocycles. The van der Waals surface area contributed by atoms with Gasteiger partial charge in [0.05, 0.1) is 40.5 Å². The second-order valence-electron chi connectivity index (χ2n) is 9.30. The summed E-state index contributed by atoms with van der Waals surface area (Å²) >= 11 is 6.76. The molecule has 0 spiro atoms. The highest BCUT2D eigenvalue weighted by molar-refractivity contribution is 6.35. The lowest BCUT2D eigenvalue weighted by molar-refractivity contribution is -0.134. The number of benzene rings is 1. The molecule has 0 unspecified atom stereocenters. The standard InChI is InChI=1S/C25H27ClN6O3.ClH/c1-15-12-16(9-11-35-15)32-20(33)13-25(2,30-24(32)27)18-7-5-8-19(21(18)26)29-23(34)22-28-14-17-6-3-4-10-31(17)22;/h3-8,10,14-16H,9,11-13H2,1-2H3,(H2,27,30)(H,29,34);1H/t15-,16-,25+;/m1./s1. The van der Waals surface area contributed by atoms with E-state index in [2.05, 4.69) is 15.6 Å². The lowest BCUT2D eigenvalue weighted by atomic mass is 9.85. The SMILES string of the molecule is C[C@@H]1C[C@H](N2C(=N)N[C@](C)(c3cccc(NC(=O)c4ncc5ccccn45)c3Cl)CC2=O)CCO1.Cl. The summed E-state index contributed by atoms with van der Waals surface area (Å²) in [4.78, 5) is 32.0. The fourth-order valence-electron chi connectivity index (χ4n) is 4.98. The molecule has 11 heteroatoms. The van der Waals surface area contributed by atoms with Gasteiger partial charge in [-0.15, -0.1) is 12.4 Å². The number of fused-ring (bicyclic) bond motifs is 1. The number of amides is 2. The number of imidazole rings is 1. The number of carbonyl (C=O) groups excluding carboxylic acids is 2. The maximum Gasteiger partial charge on any atom is 0.292 e. The van der Waals surface area contributed by atoms with Gasteiger partial charge in [-0.1, -0.05) is 29.8 Å². The van der Waals surface area contributed by atoms with Gasteiger partial charge in [0.25, 0.3) is 5.91 Å². The number of anilines is 1. The zero-order chi connectivity index (χ0) is 24.7. The number of hydrogen-bond donors (Lipinski definition) is 3. The van der Waals surface area contributed by atoms with E-state index in [4.69, 9.17) is 21.7 Å². The van der Waals surface area contributed by atoms with E-state index >= 15 is 0 Å². The van der Waals surface area contributed by atoms with Gasteiger partial charge < -0.3 is 15.4 Å². The Balaban J connectivity index is 0.00000304. The summed E-state index contributed by atoms with van der Waals surface area (Å²) in [5.74, 6) is -0.245. The van der Waals surface area contributed by atoms with E-state index in [-0.39, 0.29) is 48.7 Å². The van der Waals surface area contributed by atoms with Gasteiger partial charge in [-0.3, -0.25) is 24.3 Å². The Bertz CT molecular complexity index is 1310. The van der Waals surface area contributed by atoms with E-state index in [9.17, 15) is 9.59 Å². The molecule has 0 saturated carbocycles. The number of guanidine groups is 1. The van der Waals surface area contributed by atoms with Crippen LogP contribution in [0.4, 0.5) is 5.69 Å². The van der Waals surface area contributed by atoms with Crippen LogP contribution in [-0.4, -0.2) is 50.8 Å². The van der Waals surface area contributed by atoms with E-state index in [1.807, 2.05) is 38.1 Å². The molecule has 2 aliphatic heterocycles. The molecule has 36 heavy (non-hydrogen) atoms. The first kappa shape index (κ1) is 25.9. The zero-order valence-electron chi connectivity index (χ0n) is 20.0. The van der Waals surface area contributed by atoms with Crippen LogP contribution in [0.25, 0.3) is 5.52 Å². The number of hydrogen-bond acceptors (Lipinski definition) is 5. The molecule has 190 valence electrons. The van der Waals surface area contributed by atoms with Crippen LogP contribution in [-0.2, 0) is 15.1 Å². The molecule has 2 saturated heterocycles. The Labute approximate surface area is 220 Å². The molecule has 3 atom stereocenters. The largest absolute Gasteiger partial charge is 0.378 e. The van der Waals surface area contributed by atoms with E-state index < -0.39 is 11.4 Å². The number of carbonyl (C=O) groups is 2. The monoisotopic (exact) mass is 530 g/mol. The number of nitrogens with one attached hydrogen (secondary N) is 3. The number of ether oxygens (including phenoxy) is 1. The molecule has 2 amide bonds. The number of halogens is 2. The first-order valence-corrected chi connectivity index (χ1v) is 12.0. The third kappa shape index (κ3) is 4.66. The number of pyridine rings is 1. The summed E-state index contributed by atoms with van der Waals surface area (Å²) < 4.78 is 7.30. The van der Waals surface area contributed by atoms with E-state index in [1.165, 1.54) is 0 Å². The minimum Gasteiger partial charge on any atom is -0.378 e. The molecule has 0 aliphatic carbocycles. The van der Waals surface area contributed by atoms with E-state index in [0.717, 1.165) is 5.52 Å². The van der Waals surface area contributed by atoms with Gasteiger partial charge in [-0.25, -0.2) is 4.98 Å². The van der Waals surface area contributed by atoms with Crippen molar-refractivity contribution in [2.75, 3.05) is 11.9 Å². The summed E-state index contributed by atoms with van der Waals surface area (Å²) in [6.07, 6.45) is 4.96. The van der Waals surface area contributed by atoms with Crippen molar-refractivity contribution in [1.82, 2.24) is 19.6 Å². The molecule has 0 radical (unpaired) electrons. The average Bonchev–Trinajstić information content (AvgIpc) is 3.24. The van der Waals surface area contributed by atoms with Gasteiger partial charge in [-0.05, 0) is 50.5 Å². The lowest BCUT2D eigenvalue weighted by Gasteiger charge is -2.45. The van der Waals surface area contributed by atoms with Gasteiger partial charge in [0, 0.05) is 18.8 Å². The average molecular weight is 531 g/mol. The van der Waals surface area contributed by atoms with Gasteiger partial charge in [0.2, 0.25) is 11.7 Å². The van der Waals surface area contributed by atoms with Crippen LogP contribution in [0.1, 0.15) is 49.3 Å². The third-order valence-corrected chi connectivity index (χ3v) is 7.12. The highest BCUT2D eigenvalue weighted by atomic mass is 35.5. The Hall–Kier alpha value is -3.14. The second kappa shape index (κ2) is 10.1. The maximum atomic E-state index is 13.2. The number of aromatic nitrogens is 2. The fourth-order valence-corrected chi connectivity index (χ4v) is 5.36. The molecule has 3 aromatic rings. The minimum absolute atomic E-state index is 0.